The molecular weight excluding hydrogens is 393 g/mol. The highest BCUT2D eigenvalue weighted by atomic mass is 35.5. The number of hydrogen-bond acceptors (Lipinski definition) is 4. The quantitative estimate of drug-likeness (QED) is 0.705. The van der Waals surface area contributed by atoms with E-state index in [1.807, 2.05) is 0 Å². The summed E-state index contributed by atoms with van der Waals surface area (Å²) in [6, 6.07) is 6.34. The van der Waals surface area contributed by atoms with Gasteiger partial charge >= 0.3 is 0 Å². The minimum atomic E-state index is -0.842. The van der Waals surface area contributed by atoms with E-state index in [2.05, 4.69) is 4.72 Å². The van der Waals surface area contributed by atoms with Gasteiger partial charge in [-0.1, -0.05) is 23.2 Å². The molecule has 1 N–H and O–H groups in total. The van der Waals surface area contributed by atoms with Gasteiger partial charge in [0.15, 0.2) is 0 Å². The molecule has 0 aliphatic rings. The van der Waals surface area contributed by atoms with Crippen LogP contribution in [0.5, 0.6) is 5.75 Å². The summed E-state index contributed by atoms with van der Waals surface area (Å²) in [6.45, 7) is -0.227. The minimum absolute atomic E-state index is 0.0274. The molecule has 134 valence electrons. The summed E-state index contributed by atoms with van der Waals surface area (Å²) in [7, 11) is 3.40. The summed E-state index contributed by atoms with van der Waals surface area (Å²) in [6.07, 6.45) is 0. The van der Waals surface area contributed by atoms with E-state index < -0.39 is 17.5 Å². The molecule has 0 aliphatic carbocycles. The minimum Gasteiger partial charge on any atom is -0.489 e. The molecule has 0 bridgehead atoms. The standard InChI is InChI=1S/C16H14Cl2F2N2O2S/c1-22(2)25-21-16(23)11-7-14(19)9(5-15(11)20)8-24-10-3-4-12(17)13(18)6-10/h3-7H,8H2,1-2H3,(H,21,23). The second kappa shape index (κ2) is 8.71. The van der Waals surface area contributed by atoms with E-state index in [1.165, 1.54) is 12.1 Å². The number of benzene rings is 2. The Morgan fingerprint density at radius 2 is 1.88 bits per heavy atom. The number of carbonyl (C=O) groups excluding carboxylic acids is 1. The van der Waals surface area contributed by atoms with Gasteiger partial charge in [0, 0.05) is 23.8 Å². The van der Waals surface area contributed by atoms with Crippen LogP contribution < -0.4 is 9.46 Å². The Labute approximate surface area is 158 Å². The van der Waals surface area contributed by atoms with Crippen molar-refractivity contribution in [3.63, 3.8) is 0 Å². The second-order valence-corrected chi connectivity index (χ2v) is 7.05. The van der Waals surface area contributed by atoms with Crippen LogP contribution in [0.4, 0.5) is 8.78 Å². The Bertz CT molecular complexity index is 791. The Hall–Kier alpha value is -1.54. The van der Waals surface area contributed by atoms with Gasteiger partial charge in [-0.15, -0.1) is 0 Å². The van der Waals surface area contributed by atoms with E-state index in [1.54, 1.807) is 24.5 Å². The fourth-order valence-electron chi connectivity index (χ4n) is 1.79. The molecule has 0 unspecified atom stereocenters. The SMILES string of the molecule is CN(C)SNC(=O)c1cc(F)c(COc2ccc(Cl)c(Cl)c2)cc1F. The maximum absolute atomic E-state index is 14.1. The highest BCUT2D eigenvalue weighted by Gasteiger charge is 2.17. The zero-order valence-electron chi connectivity index (χ0n) is 13.3. The van der Waals surface area contributed by atoms with E-state index >= 15 is 0 Å². The van der Waals surface area contributed by atoms with Gasteiger partial charge in [0.2, 0.25) is 0 Å². The van der Waals surface area contributed by atoms with Crippen LogP contribution in [0.1, 0.15) is 15.9 Å². The summed E-state index contributed by atoms with van der Waals surface area (Å²) in [5.41, 5.74) is -0.412. The molecule has 2 rings (SSSR count). The lowest BCUT2D eigenvalue weighted by Crippen LogP contribution is -2.22. The highest BCUT2D eigenvalue weighted by molar-refractivity contribution is 7.95. The topological polar surface area (TPSA) is 41.6 Å². The van der Waals surface area contributed by atoms with Crippen LogP contribution in [0.3, 0.4) is 0 Å². The average molecular weight is 407 g/mol. The molecule has 0 atom stereocenters. The summed E-state index contributed by atoms with van der Waals surface area (Å²) < 4.78 is 37.6. The summed E-state index contributed by atoms with van der Waals surface area (Å²) >= 11 is 12.6. The summed E-state index contributed by atoms with van der Waals surface area (Å²) in [5.74, 6) is -1.96. The number of ether oxygens (including phenoxy) is 1. The molecule has 0 aliphatic heterocycles. The molecule has 4 nitrogen and oxygen atoms in total. The molecule has 0 saturated carbocycles. The van der Waals surface area contributed by atoms with Gasteiger partial charge in [0.25, 0.3) is 5.91 Å². The predicted molar refractivity (Wildman–Crippen MR) is 95.9 cm³/mol. The average Bonchev–Trinajstić information content (AvgIpc) is 2.56. The zero-order valence-corrected chi connectivity index (χ0v) is 15.6. The molecule has 1 amide bonds. The number of hydrogen-bond donors (Lipinski definition) is 1. The van der Waals surface area contributed by atoms with Crippen molar-refractivity contribution in [3.8, 4) is 5.75 Å². The first-order valence-corrected chi connectivity index (χ1v) is 8.51. The lowest BCUT2D eigenvalue weighted by molar-refractivity contribution is 0.0979. The monoisotopic (exact) mass is 406 g/mol. The zero-order chi connectivity index (χ0) is 18.6. The Balaban J connectivity index is 2.10. The summed E-state index contributed by atoms with van der Waals surface area (Å²) in [5, 5.41) is 0.647. The van der Waals surface area contributed by atoms with Gasteiger partial charge in [-0.2, -0.15) is 0 Å². The van der Waals surface area contributed by atoms with Crippen molar-refractivity contribution in [2.45, 2.75) is 6.61 Å². The van der Waals surface area contributed by atoms with Crippen molar-refractivity contribution in [2.75, 3.05) is 14.1 Å². The maximum Gasteiger partial charge on any atom is 0.265 e. The molecule has 0 spiro atoms. The fourth-order valence-corrected chi connectivity index (χ4v) is 2.45. The lowest BCUT2D eigenvalue weighted by Gasteiger charge is -2.12. The number of carbonyl (C=O) groups is 1. The van der Waals surface area contributed by atoms with Crippen molar-refractivity contribution in [3.05, 3.63) is 63.1 Å². The number of rotatable bonds is 6. The van der Waals surface area contributed by atoms with Crippen LogP contribution in [-0.4, -0.2) is 24.3 Å². The summed E-state index contributed by atoms with van der Waals surface area (Å²) in [4.78, 5) is 11.9. The third-order valence-corrected chi connectivity index (χ3v) is 4.37. The number of nitrogens with zero attached hydrogens (tertiary/aromatic N) is 1. The lowest BCUT2D eigenvalue weighted by atomic mass is 10.1. The van der Waals surface area contributed by atoms with Crippen LogP contribution in [0.2, 0.25) is 10.0 Å². The Morgan fingerprint density at radius 3 is 2.52 bits per heavy atom. The number of nitrogens with one attached hydrogen (secondary N) is 1. The van der Waals surface area contributed by atoms with Crippen LogP contribution in [0.15, 0.2) is 30.3 Å². The van der Waals surface area contributed by atoms with Crippen molar-refractivity contribution in [2.24, 2.45) is 0 Å². The first-order chi connectivity index (χ1) is 11.8. The van der Waals surface area contributed by atoms with Crippen molar-refractivity contribution in [1.29, 1.82) is 0 Å². The molecule has 0 radical (unpaired) electrons. The molecule has 2 aromatic rings. The first kappa shape index (κ1) is 19.8. The van der Waals surface area contributed by atoms with Gasteiger partial charge < -0.3 is 4.74 Å². The normalized spacial score (nSPS) is 10.8. The second-order valence-electron chi connectivity index (χ2n) is 5.12. The molecule has 9 heteroatoms. The number of halogens is 4. The van der Waals surface area contributed by atoms with Crippen molar-refractivity contribution >= 4 is 41.2 Å². The molecule has 25 heavy (non-hydrogen) atoms. The van der Waals surface area contributed by atoms with Crippen LogP contribution in [0.25, 0.3) is 0 Å². The molecular formula is C16H14Cl2F2N2O2S. The van der Waals surface area contributed by atoms with Crippen LogP contribution in [0, 0.1) is 11.6 Å². The van der Waals surface area contributed by atoms with Crippen LogP contribution >= 0.6 is 35.3 Å². The largest absolute Gasteiger partial charge is 0.489 e. The van der Waals surface area contributed by atoms with E-state index in [9.17, 15) is 13.6 Å². The van der Waals surface area contributed by atoms with E-state index in [0.29, 0.717) is 10.8 Å². The van der Waals surface area contributed by atoms with Crippen molar-refractivity contribution < 1.29 is 18.3 Å². The smallest absolute Gasteiger partial charge is 0.265 e. The van der Waals surface area contributed by atoms with Gasteiger partial charge in [0.05, 0.1) is 15.6 Å². The van der Waals surface area contributed by atoms with Crippen LogP contribution in [-0.2, 0) is 6.61 Å². The van der Waals surface area contributed by atoms with E-state index in [4.69, 9.17) is 27.9 Å². The Morgan fingerprint density at radius 1 is 1.16 bits per heavy atom. The van der Waals surface area contributed by atoms with Crippen molar-refractivity contribution in [1.82, 2.24) is 9.03 Å². The molecule has 0 fully saturated rings. The molecule has 2 aromatic carbocycles. The van der Waals surface area contributed by atoms with Gasteiger partial charge in [-0.25, -0.2) is 13.1 Å². The Kier molecular flexibility index (Phi) is 6.89. The first-order valence-electron chi connectivity index (χ1n) is 6.98. The molecule has 0 aromatic heterocycles. The third-order valence-electron chi connectivity index (χ3n) is 2.99. The predicted octanol–water partition coefficient (Wildman–Crippen LogP) is 4.71. The van der Waals surface area contributed by atoms with E-state index in [0.717, 1.165) is 24.3 Å². The van der Waals surface area contributed by atoms with Gasteiger partial charge in [-0.05, 0) is 38.4 Å². The fraction of sp³-hybridized carbons (Fsp3) is 0.188. The highest BCUT2D eigenvalue weighted by Crippen LogP contribution is 2.27. The van der Waals surface area contributed by atoms with Gasteiger partial charge in [0.1, 0.15) is 24.0 Å². The van der Waals surface area contributed by atoms with E-state index in [-0.39, 0.29) is 22.8 Å². The molecule has 0 heterocycles. The third kappa shape index (κ3) is 5.47. The van der Waals surface area contributed by atoms with Gasteiger partial charge in [-0.3, -0.25) is 9.52 Å². The maximum atomic E-state index is 14.1. The number of amides is 1. The molecule has 0 saturated heterocycles.